The van der Waals surface area contributed by atoms with Crippen LogP contribution in [0, 0.1) is 19.8 Å². The summed E-state index contributed by atoms with van der Waals surface area (Å²) >= 11 is 0. The van der Waals surface area contributed by atoms with Crippen LogP contribution in [-0.4, -0.2) is 13.0 Å². The smallest absolute Gasteiger partial charge is 0.232 e. The van der Waals surface area contributed by atoms with Crippen LogP contribution in [0.2, 0.25) is 0 Å². The van der Waals surface area contributed by atoms with Crippen molar-refractivity contribution < 1.29 is 9.53 Å². The van der Waals surface area contributed by atoms with E-state index < -0.39 is 0 Å². The first kappa shape index (κ1) is 18.1. The van der Waals surface area contributed by atoms with Crippen LogP contribution in [0.5, 0.6) is 5.75 Å². The van der Waals surface area contributed by atoms with Gasteiger partial charge in [0, 0.05) is 11.3 Å². The highest BCUT2D eigenvalue weighted by atomic mass is 16.5. The van der Waals surface area contributed by atoms with Crippen molar-refractivity contribution in [2.45, 2.75) is 40.0 Å². The highest BCUT2D eigenvalue weighted by Crippen LogP contribution is 2.32. The largest absolute Gasteiger partial charge is 0.496 e. The van der Waals surface area contributed by atoms with Gasteiger partial charge in [-0.3, -0.25) is 4.79 Å². The summed E-state index contributed by atoms with van der Waals surface area (Å²) in [4.78, 5) is 13.0. The molecule has 2 atom stereocenters. The van der Waals surface area contributed by atoms with Crippen LogP contribution in [0.15, 0.2) is 42.5 Å². The second-order valence-electron chi connectivity index (χ2n) is 6.35. The lowest BCUT2D eigenvalue weighted by atomic mass is 9.84. The molecule has 0 spiro atoms. The van der Waals surface area contributed by atoms with Crippen LogP contribution in [0.25, 0.3) is 0 Å². The number of ether oxygens (including phenoxy) is 1. The number of benzene rings is 2. The van der Waals surface area contributed by atoms with Crippen molar-refractivity contribution in [1.82, 2.24) is 0 Å². The molecule has 0 bridgehead atoms. The zero-order valence-electron chi connectivity index (χ0n) is 15.2. The van der Waals surface area contributed by atoms with Crippen molar-refractivity contribution in [2.24, 2.45) is 5.92 Å². The van der Waals surface area contributed by atoms with Crippen molar-refractivity contribution >= 4 is 11.6 Å². The molecule has 0 radical (unpaired) electrons. The molecule has 24 heavy (non-hydrogen) atoms. The molecule has 0 aliphatic heterocycles. The lowest BCUT2D eigenvalue weighted by Gasteiger charge is -2.24. The molecule has 0 aliphatic rings. The van der Waals surface area contributed by atoms with Crippen LogP contribution in [0.3, 0.4) is 0 Å². The first-order chi connectivity index (χ1) is 11.5. The second-order valence-corrected chi connectivity index (χ2v) is 6.35. The van der Waals surface area contributed by atoms with E-state index in [1.54, 1.807) is 7.11 Å². The summed E-state index contributed by atoms with van der Waals surface area (Å²) in [6.45, 7) is 8.22. The third kappa shape index (κ3) is 3.78. The van der Waals surface area contributed by atoms with Gasteiger partial charge in [0.2, 0.25) is 5.91 Å². The number of hydrogen-bond acceptors (Lipinski definition) is 2. The number of methoxy groups -OCH3 is 1. The molecule has 1 N–H and O–H groups in total. The monoisotopic (exact) mass is 325 g/mol. The Labute approximate surface area is 145 Å². The van der Waals surface area contributed by atoms with E-state index in [1.165, 1.54) is 0 Å². The standard InChI is InChI=1S/C21H27NO2/c1-6-14(2)19(17-10-8-7-9-11-17)21(23)22-18-13-12-15(3)20(24-5)16(18)4/h7-14,19H,6H2,1-5H3,(H,22,23). The quantitative estimate of drug-likeness (QED) is 0.804. The molecule has 3 heteroatoms. The van der Waals surface area contributed by atoms with Crippen molar-refractivity contribution in [3.8, 4) is 5.75 Å². The molecule has 0 aliphatic carbocycles. The fraction of sp³-hybridized carbons (Fsp3) is 0.381. The minimum Gasteiger partial charge on any atom is -0.496 e. The Morgan fingerprint density at radius 3 is 2.38 bits per heavy atom. The highest BCUT2D eigenvalue weighted by Gasteiger charge is 2.26. The van der Waals surface area contributed by atoms with E-state index in [-0.39, 0.29) is 17.7 Å². The van der Waals surface area contributed by atoms with Gasteiger partial charge in [-0.05, 0) is 37.0 Å². The summed E-state index contributed by atoms with van der Waals surface area (Å²) in [5.41, 5.74) is 3.89. The average molecular weight is 325 g/mol. The van der Waals surface area contributed by atoms with Gasteiger partial charge in [-0.15, -0.1) is 0 Å². The molecule has 1 amide bonds. The number of hydrogen-bond donors (Lipinski definition) is 1. The minimum absolute atomic E-state index is 0.0320. The molecule has 2 rings (SSSR count). The third-order valence-electron chi connectivity index (χ3n) is 4.72. The predicted octanol–water partition coefficient (Wildman–Crippen LogP) is 5.08. The number of aryl methyl sites for hydroxylation is 1. The van der Waals surface area contributed by atoms with E-state index in [1.807, 2.05) is 56.3 Å². The molecule has 0 heterocycles. The van der Waals surface area contributed by atoms with E-state index in [9.17, 15) is 4.79 Å². The van der Waals surface area contributed by atoms with Gasteiger partial charge in [0.1, 0.15) is 5.75 Å². The summed E-state index contributed by atoms with van der Waals surface area (Å²) in [5, 5.41) is 3.11. The first-order valence-electron chi connectivity index (χ1n) is 8.49. The van der Waals surface area contributed by atoms with Crippen LogP contribution >= 0.6 is 0 Å². The summed E-state index contributed by atoms with van der Waals surface area (Å²) in [6.07, 6.45) is 0.948. The van der Waals surface area contributed by atoms with Gasteiger partial charge in [0.25, 0.3) is 0 Å². The molecule has 128 valence electrons. The zero-order chi connectivity index (χ0) is 17.7. The van der Waals surface area contributed by atoms with Gasteiger partial charge in [-0.25, -0.2) is 0 Å². The van der Waals surface area contributed by atoms with E-state index >= 15 is 0 Å². The lowest BCUT2D eigenvalue weighted by molar-refractivity contribution is -0.118. The molecule has 0 saturated carbocycles. The van der Waals surface area contributed by atoms with Gasteiger partial charge >= 0.3 is 0 Å². The van der Waals surface area contributed by atoms with Crippen molar-refractivity contribution in [3.05, 3.63) is 59.2 Å². The van der Waals surface area contributed by atoms with Crippen LogP contribution in [-0.2, 0) is 4.79 Å². The van der Waals surface area contributed by atoms with Crippen molar-refractivity contribution in [2.75, 3.05) is 12.4 Å². The fourth-order valence-corrected chi connectivity index (χ4v) is 3.12. The minimum atomic E-state index is -0.164. The van der Waals surface area contributed by atoms with Gasteiger partial charge in [0.05, 0.1) is 13.0 Å². The van der Waals surface area contributed by atoms with Gasteiger partial charge in [0.15, 0.2) is 0 Å². The maximum Gasteiger partial charge on any atom is 0.232 e. The maximum atomic E-state index is 13.0. The Morgan fingerprint density at radius 1 is 1.12 bits per heavy atom. The number of rotatable bonds is 6. The third-order valence-corrected chi connectivity index (χ3v) is 4.72. The van der Waals surface area contributed by atoms with Crippen molar-refractivity contribution in [1.29, 1.82) is 0 Å². The molecule has 3 nitrogen and oxygen atoms in total. The first-order valence-corrected chi connectivity index (χ1v) is 8.49. The highest BCUT2D eigenvalue weighted by molar-refractivity contribution is 5.97. The summed E-state index contributed by atoms with van der Waals surface area (Å²) < 4.78 is 5.46. The van der Waals surface area contributed by atoms with Gasteiger partial charge in [-0.1, -0.05) is 56.7 Å². The van der Waals surface area contributed by atoms with Crippen LogP contribution in [0.4, 0.5) is 5.69 Å². The van der Waals surface area contributed by atoms with Crippen molar-refractivity contribution in [3.63, 3.8) is 0 Å². The number of carbonyl (C=O) groups is 1. The molecular formula is C21H27NO2. The summed E-state index contributed by atoms with van der Waals surface area (Å²) in [5.74, 6) is 0.958. The number of amides is 1. The maximum absolute atomic E-state index is 13.0. The van der Waals surface area contributed by atoms with E-state index in [0.29, 0.717) is 0 Å². The number of nitrogens with one attached hydrogen (secondary N) is 1. The van der Waals surface area contributed by atoms with Crippen LogP contribution < -0.4 is 10.1 Å². The van der Waals surface area contributed by atoms with Crippen LogP contribution in [0.1, 0.15) is 42.9 Å². The molecule has 2 unspecified atom stereocenters. The SMILES string of the molecule is CCC(C)C(C(=O)Nc1ccc(C)c(OC)c1C)c1ccccc1. The van der Waals surface area contributed by atoms with Gasteiger partial charge in [-0.2, -0.15) is 0 Å². The topological polar surface area (TPSA) is 38.3 Å². The summed E-state index contributed by atoms with van der Waals surface area (Å²) in [6, 6.07) is 13.9. The van der Waals surface area contributed by atoms with E-state index in [2.05, 4.69) is 19.2 Å². The molecule has 0 saturated heterocycles. The molecular weight excluding hydrogens is 298 g/mol. The second kappa shape index (κ2) is 8.00. The number of anilines is 1. The molecule has 2 aromatic carbocycles. The molecule has 2 aromatic rings. The Morgan fingerprint density at radius 2 is 1.79 bits per heavy atom. The Hall–Kier alpha value is -2.29. The lowest BCUT2D eigenvalue weighted by Crippen LogP contribution is -2.26. The molecule has 0 aromatic heterocycles. The Bertz CT molecular complexity index is 694. The normalized spacial score (nSPS) is 13.2. The van der Waals surface area contributed by atoms with E-state index in [0.717, 1.165) is 34.5 Å². The average Bonchev–Trinajstić information content (AvgIpc) is 2.59. The Kier molecular flexibility index (Phi) is 6.02. The van der Waals surface area contributed by atoms with Gasteiger partial charge < -0.3 is 10.1 Å². The zero-order valence-corrected chi connectivity index (χ0v) is 15.2. The fourth-order valence-electron chi connectivity index (χ4n) is 3.12. The number of carbonyl (C=O) groups excluding carboxylic acids is 1. The molecule has 0 fully saturated rings. The Balaban J connectivity index is 2.32. The predicted molar refractivity (Wildman–Crippen MR) is 99.7 cm³/mol. The summed E-state index contributed by atoms with van der Waals surface area (Å²) in [7, 11) is 1.66. The van der Waals surface area contributed by atoms with E-state index in [4.69, 9.17) is 4.74 Å².